The number of hydrogen-bond acceptors (Lipinski definition) is 4. The average molecular weight is 238 g/mol. The SMILES string of the molecule is COc1cc(NC(C)(C)CCC(=O)O)ccn1. The Morgan fingerprint density at radius 1 is 1.59 bits per heavy atom. The maximum absolute atomic E-state index is 10.5. The lowest BCUT2D eigenvalue weighted by Gasteiger charge is -2.27. The fourth-order valence-corrected chi connectivity index (χ4v) is 1.47. The lowest BCUT2D eigenvalue weighted by molar-refractivity contribution is -0.137. The number of nitrogens with zero attached hydrogens (tertiary/aromatic N) is 1. The molecule has 94 valence electrons. The van der Waals surface area contributed by atoms with Crippen molar-refractivity contribution in [3.05, 3.63) is 18.3 Å². The molecule has 1 aromatic heterocycles. The van der Waals surface area contributed by atoms with Gasteiger partial charge >= 0.3 is 5.97 Å². The number of carboxylic acids is 1. The number of anilines is 1. The molecule has 0 radical (unpaired) electrons. The summed E-state index contributed by atoms with van der Waals surface area (Å²) in [6, 6.07) is 3.60. The van der Waals surface area contributed by atoms with Crippen LogP contribution >= 0.6 is 0 Å². The van der Waals surface area contributed by atoms with Crippen LogP contribution < -0.4 is 10.1 Å². The van der Waals surface area contributed by atoms with Crippen LogP contribution in [0.25, 0.3) is 0 Å². The van der Waals surface area contributed by atoms with Crippen LogP contribution in [0.15, 0.2) is 18.3 Å². The van der Waals surface area contributed by atoms with Gasteiger partial charge in [0.1, 0.15) is 0 Å². The van der Waals surface area contributed by atoms with Crippen molar-refractivity contribution in [2.24, 2.45) is 0 Å². The summed E-state index contributed by atoms with van der Waals surface area (Å²) < 4.78 is 5.02. The molecular formula is C12H18N2O3. The second kappa shape index (κ2) is 5.52. The van der Waals surface area contributed by atoms with Gasteiger partial charge in [-0.1, -0.05) is 0 Å². The zero-order chi connectivity index (χ0) is 12.9. The van der Waals surface area contributed by atoms with E-state index in [2.05, 4.69) is 10.3 Å². The van der Waals surface area contributed by atoms with Gasteiger partial charge in [-0.3, -0.25) is 4.79 Å². The van der Waals surface area contributed by atoms with Gasteiger partial charge in [-0.05, 0) is 26.3 Å². The van der Waals surface area contributed by atoms with Crippen molar-refractivity contribution in [2.45, 2.75) is 32.2 Å². The van der Waals surface area contributed by atoms with Crippen LogP contribution in [0.4, 0.5) is 5.69 Å². The van der Waals surface area contributed by atoms with Crippen LogP contribution in [0, 0.1) is 0 Å². The van der Waals surface area contributed by atoms with E-state index in [9.17, 15) is 4.79 Å². The molecule has 0 aliphatic carbocycles. The number of carboxylic acid groups (broad SMARTS) is 1. The summed E-state index contributed by atoms with van der Waals surface area (Å²) in [5.41, 5.74) is 0.581. The Morgan fingerprint density at radius 2 is 2.29 bits per heavy atom. The molecule has 1 rings (SSSR count). The number of ether oxygens (including phenoxy) is 1. The molecule has 1 heterocycles. The molecular weight excluding hydrogens is 220 g/mol. The number of rotatable bonds is 6. The first-order valence-electron chi connectivity index (χ1n) is 5.43. The Balaban J connectivity index is 2.64. The number of pyridine rings is 1. The van der Waals surface area contributed by atoms with Gasteiger partial charge in [-0.25, -0.2) is 4.98 Å². The lowest BCUT2D eigenvalue weighted by atomic mass is 9.98. The van der Waals surface area contributed by atoms with Crippen molar-refractivity contribution in [2.75, 3.05) is 12.4 Å². The molecule has 2 N–H and O–H groups in total. The maximum Gasteiger partial charge on any atom is 0.303 e. The van der Waals surface area contributed by atoms with Gasteiger partial charge in [-0.2, -0.15) is 0 Å². The van der Waals surface area contributed by atoms with E-state index in [4.69, 9.17) is 9.84 Å². The average Bonchev–Trinajstić information content (AvgIpc) is 2.26. The third kappa shape index (κ3) is 4.72. The van der Waals surface area contributed by atoms with Gasteiger partial charge in [0, 0.05) is 29.9 Å². The summed E-state index contributed by atoms with van der Waals surface area (Å²) >= 11 is 0. The van der Waals surface area contributed by atoms with E-state index in [-0.39, 0.29) is 12.0 Å². The predicted octanol–water partition coefficient (Wildman–Crippen LogP) is 2.15. The first-order chi connectivity index (χ1) is 7.93. The Morgan fingerprint density at radius 3 is 2.88 bits per heavy atom. The minimum Gasteiger partial charge on any atom is -0.481 e. The smallest absolute Gasteiger partial charge is 0.303 e. The molecule has 1 aromatic rings. The van der Waals surface area contributed by atoms with Gasteiger partial charge in [0.2, 0.25) is 5.88 Å². The van der Waals surface area contributed by atoms with Gasteiger partial charge in [0.05, 0.1) is 7.11 Å². The molecule has 0 spiro atoms. The topological polar surface area (TPSA) is 71.5 Å². The molecule has 0 aliphatic heterocycles. The van der Waals surface area contributed by atoms with Gasteiger partial charge in [-0.15, -0.1) is 0 Å². The minimum atomic E-state index is -0.785. The van der Waals surface area contributed by atoms with E-state index in [0.717, 1.165) is 5.69 Å². The zero-order valence-corrected chi connectivity index (χ0v) is 10.4. The summed E-state index contributed by atoms with van der Waals surface area (Å²) in [6.45, 7) is 3.92. The quantitative estimate of drug-likeness (QED) is 0.794. The number of carbonyl (C=O) groups is 1. The lowest BCUT2D eigenvalue weighted by Crippen LogP contribution is -2.31. The van der Waals surface area contributed by atoms with E-state index >= 15 is 0 Å². The van der Waals surface area contributed by atoms with Crippen molar-refractivity contribution < 1.29 is 14.6 Å². The molecule has 0 fully saturated rings. The fourth-order valence-electron chi connectivity index (χ4n) is 1.47. The standard InChI is InChI=1S/C12H18N2O3/c1-12(2,6-4-11(15)16)14-9-5-7-13-10(8-9)17-3/h5,7-8H,4,6H2,1-3H3,(H,13,14)(H,15,16). The van der Waals surface area contributed by atoms with Crippen molar-refractivity contribution in [3.8, 4) is 5.88 Å². The summed E-state index contributed by atoms with van der Waals surface area (Å²) in [4.78, 5) is 14.5. The third-order valence-corrected chi connectivity index (χ3v) is 2.39. The van der Waals surface area contributed by atoms with Crippen LogP contribution in [-0.2, 0) is 4.79 Å². The molecule has 5 heteroatoms. The number of aromatic nitrogens is 1. The second-order valence-electron chi connectivity index (χ2n) is 4.49. The normalized spacial score (nSPS) is 11.0. The Labute approximate surface area is 101 Å². The first-order valence-corrected chi connectivity index (χ1v) is 5.43. The maximum atomic E-state index is 10.5. The van der Waals surface area contributed by atoms with E-state index in [1.807, 2.05) is 19.9 Å². The molecule has 0 amide bonds. The Bertz CT molecular complexity index is 391. The van der Waals surface area contributed by atoms with Crippen molar-refractivity contribution in [1.29, 1.82) is 0 Å². The largest absolute Gasteiger partial charge is 0.481 e. The number of methoxy groups -OCH3 is 1. The van der Waals surface area contributed by atoms with E-state index < -0.39 is 5.97 Å². The number of aliphatic carboxylic acids is 1. The van der Waals surface area contributed by atoms with Crippen molar-refractivity contribution >= 4 is 11.7 Å². The summed E-state index contributed by atoms with van der Waals surface area (Å²) in [6.07, 6.45) is 2.34. The zero-order valence-electron chi connectivity index (χ0n) is 10.4. The first kappa shape index (κ1) is 13.3. The third-order valence-electron chi connectivity index (χ3n) is 2.39. The summed E-state index contributed by atoms with van der Waals surface area (Å²) in [7, 11) is 1.56. The highest BCUT2D eigenvalue weighted by Crippen LogP contribution is 2.21. The molecule has 0 aromatic carbocycles. The number of nitrogens with one attached hydrogen (secondary N) is 1. The van der Waals surface area contributed by atoms with Crippen molar-refractivity contribution in [3.63, 3.8) is 0 Å². The molecule has 0 saturated carbocycles. The fraction of sp³-hybridized carbons (Fsp3) is 0.500. The van der Waals surface area contributed by atoms with Gasteiger partial charge < -0.3 is 15.2 Å². The molecule has 0 saturated heterocycles. The molecule has 0 atom stereocenters. The number of hydrogen-bond donors (Lipinski definition) is 2. The molecule has 0 bridgehead atoms. The Kier molecular flexibility index (Phi) is 4.31. The van der Waals surface area contributed by atoms with Crippen LogP contribution in [-0.4, -0.2) is 28.7 Å². The highest BCUT2D eigenvalue weighted by molar-refractivity contribution is 5.66. The van der Waals surface area contributed by atoms with E-state index in [0.29, 0.717) is 12.3 Å². The second-order valence-corrected chi connectivity index (χ2v) is 4.49. The van der Waals surface area contributed by atoms with Crippen molar-refractivity contribution in [1.82, 2.24) is 4.98 Å². The van der Waals surface area contributed by atoms with E-state index in [1.165, 1.54) is 0 Å². The minimum absolute atomic E-state index is 0.141. The van der Waals surface area contributed by atoms with Gasteiger partial charge in [0.25, 0.3) is 0 Å². The van der Waals surface area contributed by atoms with E-state index in [1.54, 1.807) is 19.4 Å². The molecule has 0 unspecified atom stereocenters. The van der Waals surface area contributed by atoms with Gasteiger partial charge in [0.15, 0.2) is 0 Å². The highest BCUT2D eigenvalue weighted by Gasteiger charge is 2.18. The monoisotopic (exact) mass is 238 g/mol. The van der Waals surface area contributed by atoms with Crippen LogP contribution in [0.1, 0.15) is 26.7 Å². The summed E-state index contributed by atoms with van der Waals surface area (Å²) in [5.74, 6) is -0.254. The molecule has 17 heavy (non-hydrogen) atoms. The van der Waals surface area contributed by atoms with Crippen LogP contribution in [0.2, 0.25) is 0 Å². The van der Waals surface area contributed by atoms with Crippen LogP contribution in [0.5, 0.6) is 5.88 Å². The van der Waals surface area contributed by atoms with Crippen LogP contribution in [0.3, 0.4) is 0 Å². The molecule has 0 aliphatic rings. The molecule has 5 nitrogen and oxygen atoms in total. The Hall–Kier alpha value is -1.78. The highest BCUT2D eigenvalue weighted by atomic mass is 16.5. The predicted molar refractivity (Wildman–Crippen MR) is 65.4 cm³/mol. The summed E-state index contributed by atoms with van der Waals surface area (Å²) in [5, 5.41) is 11.9.